The molecule has 134 valence electrons. The smallest absolute Gasteiger partial charge is 0.171 e. The van der Waals surface area contributed by atoms with Gasteiger partial charge in [0.2, 0.25) is 0 Å². The van der Waals surface area contributed by atoms with Gasteiger partial charge in [0.1, 0.15) is 11.6 Å². The summed E-state index contributed by atoms with van der Waals surface area (Å²) in [5.41, 5.74) is 1.02. The van der Waals surface area contributed by atoms with Crippen LogP contribution in [0.15, 0.2) is 30.5 Å². The predicted molar refractivity (Wildman–Crippen MR) is 99.1 cm³/mol. The number of nitrogens with zero attached hydrogens (tertiary/aromatic N) is 1. The summed E-state index contributed by atoms with van der Waals surface area (Å²) < 4.78 is 33.3. The summed E-state index contributed by atoms with van der Waals surface area (Å²) in [6.45, 7) is 4.37. The zero-order chi connectivity index (χ0) is 18.2. The Kier molecular flexibility index (Phi) is 7.06. The van der Waals surface area contributed by atoms with Gasteiger partial charge in [-0.3, -0.25) is 0 Å². The standard InChI is InChI=1S/C18H21F2N3OS/c1-3-12-6-5-10-21-17(12)23-18(25)22-11-9-13-14(19)7-8-15(16(13)20)24-4-2/h5-8,10H,3-4,9,11H2,1-2H3,(H2,21,22,23,25). The molecular weight excluding hydrogens is 344 g/mol. The highest BCUT2D eigenvalue weighted by Crippen LogP contribution is 2.23. The average molecular weight is 365 g/mol. The van der Waals surface area contributed by atoms with Crippen molar-refractivity contribution in [2.75, 3.05) is 18.5 Å². The number of thiocarbonyl (C=S) groups is 1. The van der Waals surface area contributed by atoms with E-state index in [0.717, 1.165) is 12.0 Å². The van der Waals surface area contributed by atoms with Gasteiger partial charge in [-0.2, -0.15) is 0 Å². The van der Waals surface area contributed by atoms with Crippen molar-refractivity contribution in [1.29, 1.82) is 0 Å². The normalized spacial score (nSPS) is 10.4. The van der Waals surface area contributed by atoms with Crippen LogP contribution in [0.3, 0.4) is 0 Å². The van der Waals surface area contributed by atoms with Crippen molar-refractivity contribution in [3.05, 3.63) is 53.2 Å². The molecule has 1 aromatic carbocycles. The Balaban J connectivity index is 1.94. The minimum Gasteiger partial charge on any atom is -0.491 e. The zero-order valence-electron chi connectivity index (χ0n) is 14.2. The van der Waals surface area contributed by atoms with Gasteiger partial charge in [0.25, 0.3) is 0 Å². The van der Waals surface area contributed by atoms with Crippen molar-refractivity contribution < 1.29 is 13.5 Å². The number of aromatic nitrogens is 1. The summed E-state index contributed by atoms with van der Waals surface area (Å²) >= 11 is 5.22. The third kappa shape index (κ3) is 5.09. The quantitative estimate of drug-likeness (QED) is 0.730. The van der Waals surface area contributed by atoms with Crippen molar-refractivity contribution in [3.8, 4) is 5.75 Å². The molecule has 0 aliphatic heterocycles. The Morgan fingerprint density at radius 3 is 2.76 bits per heavy atom. The highest BCUT2D eigenvalue weighted by Gasteiger charge is 2.14. The van der Waals surface area contributed by atoms with Crippen LogP contribution >= 0.6 is 12.2 Å². The first-order chi connectivity index (χ1) is 12.1. The number of hydrogen-bond acceptors (Lipinski definition) is 3. The van der Waals surface area contributed by atoms with Crippen LogP contribution in [-0.2, 0) is 12.8 Å². The zero-order valence-corrected chi connectivity index (χ0v) is 15.1. The van der Waals surface area contributed by atoms with Crippen molar-refractivity contribution in [2.45, 2.75) is 26.7 Å². The molecule has 0 saturated heterocycles. The van der Waals surface area contributed by atoms with Crippen molar-refractivity contribution in [2.24, 2.45) is 0 Å². The molecule has 0 amide bonds. The number of nitrogens with one attached hydrogen (secondary N) is 2. The van der Waals surface area contributed by atoms with Crippen LogP contribution in [0.5, 0.6) is 5.75 Å². The topological polar surface area (TPSA) is 46.2 Å². The number of benzene rings is 1. The second kappa shape index (κ2) is 9.27. The summed E-state index contributed by atoms with van der Waals surface area (Å²) in [5.74, 6) is -0.529. The third-order valence-electron chi connectivity index (χ3n) is 3.62. The Bertz CT molecular complexity index is 740. The number of rotatable bonds is 7. The lowest BCUT2D eigenvalue weighted by molar-refractivity contribution is 0.318. The number of halogens is 2. The maximum absolute atomic E-state index is 14.2. The lowest BCUT2D eigenvalue weighted by atomic mass is 10.1. The summed E-state index contributed by atoms with van der Waals surface area (Å²) in [6.07, 6.45) is 2.64. The molecule has 25 heavy (non-hydrogen) atoms. The van der Waals surface area contributed by atoms with E-state index in [1.165, 1.54) is 12.1 Å². The number of aryl methyl sites for hydroxylation is 1. The van der Waals surface area contributed by atoms with E-state index in [1.807, 2.05) is 19.1 Å². The molecule has 0 atom stereocenters. The number of ether oxygens (including phenoxy) is 1. The monoisotopic (exact) mass is 365 g/mol. The fraction of sp³-hybridized carbons (Fsp3) is 0.333. The summed E-state index contributed by atoms with van der Waals surface area (Å²) in [4.78, 5) is 4.24. The van der Waals surface area contributed by atoms with Gasteiger partial charge in [-0.05, 0) is 55.7 Å². The molecule has 2 rings (SSSR count). The Morgan fingerprint density at radius 2 is 2.04 bits per heavy atom. The van der Waals surface area contributed by atoms with Gasteiger partial charge in [0.05, 0.1) is 6.61 Å². The van der Waals surface area contributed by atoms with Crippen LogP contribution in [-0.4, -0.2) is 23.2 Å². The van der Waals surface area contributed by atoms with Crippen LogP contribution in [0.4, 0.5) is 14.6 Å². The molecule has 0 saturated carbocycles. The summed E-state index contributed by atoms with van der Waals surface area (Å²) in [7, 11) is 0. The van der Waals surface area contributed by atoms with Crippen molar-refractivity contribution in [3.63, 3.8) is 0 Å². The molecule has 0 bridgehead atoms. The second-order valence-electron chi connectivity index (χ2n) is 5.27. The molecule has 0 aliphatic rings. The second-order valence-corrected chi connectivity index (χ2v) is 5.67. The fourth-order valence-electron chi connectivity index (χ4n) is 2.36. The van der Waals surface area contributed by atoms with Crippen LogP contribution in [0.1, 0.15) is 25.0 Å². The first-order valence-corrected chi connectivity index (χ1v) is 8.56. The fourth-order valence-corrected chi connectivity index (χ4v) is 2.56. The molecule has 0 unspecified atom stereocenters. The van der Waals surface area contributed by atoms with Gasteiger partial charge in [-0.15, -0.1) is 0 Å². The Labute approximate surface area is 151 Å². The van der Waals surface area contributed by atoms with E-state index < -0.39 is 11.6 Å². The van der Waals surface area contributed by atoms with Gasteiger partial charge in [-0.25, -0.2) is 13.8 Å². The van der Waals surface area contributed by atoms with Gasteiger partial charge in [-0.1, -0.05) is 13.0 Å². The maximum Gasteiger partial charge on any atom is 0.171 e. The van der Waals surface area contributed by atoms with Gasteiger partial charge in [0, 0.05) is 18.3 Å². The van der Waals surface area contributed by atoms with Gasteiger partial charge < -0.3 is 15.4 Å². The molecule has 2 N–H and O–H groups in total. The first-order valence-electron chi connectivity index (χ1n) is 8.15. The molecule has 0 spiro atoms. The van der Waals surface area contributed by atoms with Crippen LogP contribution < -0.4 is 15.4 Å². The molecular formula is C18H21F2N3OS. The lowest BCUT2D eigenvalue weighted by Gasteiger charge is -2.13. The average Bonchev–Trinajstić information content (AvgIpc) is 2.61. The SMILES string of the molecule is CCOc1ccc(F)c(CCNC(=S)Nc2ncccc2CC)c1F. The molecule has 4 nitrogen and oxygen atoms in total. The van der Waals surface area contributed by atoms with E-state index >= 15 is 0 Å². The minimum atomic E-state index is -0.666. The van der Waals surface area contributed by atoms with Crippen LogP contribution in [0.2, 0.25) is 0 Å². The van der Waals surface area contributed by atoms with Crippen LogP contribution in [0.25, 0.3) is 0 Å². The summed E-state index contributed by atoms with van der Waals surface area (Å²) in [6, 6.07) is 6.32. The number of pyridine rings is 1. The van der Waals surface area contributed by atoms with E-state index in [0.29, 0.717) is 17.5 Å². The van der Waals surface area contributed by atoms with Gasteiger partial charge in [0.15, 0.2) is 16.7 Å². The largest absolute Gasteiger partial charge is 0.491 e. The highest BCUT2D eigenvalue weighted by atomic mass is 32.1. The number of hydrogen-bond donors (Lipinski definition) is 2. The first kappa shape index (κ1) is 19.1. The molecule has 1 heterocycles. The maximum atomic E-state index is 14.2. The Morgan fingerprint density at radius 1 is 1.24 bits per heavy atom. The van der Waals surface area contributed by atoms with E-state index in [-0.39, 0.29) is 24.3 Å². The van der Waals surface area contributed by atoms with Gasteiger partial charge >= 0.3 is 0 Å². The third-order valence-corrected chi connectivity index (χ3v) is 3.86. The molecule has 1 aromatic heterocycles. The van der Waals surface area contributed by atoms with Crippen molar-refractivity contribution >= 4 is 23.1 Å². The number of anilines is 1. The van der Waals surface area contributed by atoms with Crippen molar-refractivity contribution in [1.82, 2.24) is 10.3 Å². The lowest BCUT2D eigenvalue weighted by Crippen LogP contribution is -2.31. The molecule has 0 aliphatic carbocycles. The van der Waals surface area contributed by atoms with E-state index in [2.05, 4.69) is 15.6 Å². The van der Waals surface area contributed by atoms with Crippen LogP contribution in [0, 0.1) is 11.6 Å². The molecule has 0 radical (unpaired) electrons. The van der Waals surface area contributed by atoms with E-state index in [4.69, 9.17) is 17.0 Å². The predicted octanol–water partition coefficient (Wildman–Crippen LogP) is 3.85. The molecule has 2 aromatic rings. The minimum absolute atomic E-state index is 0.0201. The Hall–Kier alpha value is -2.28. The molecule has 7 heteroatoms. The highest BCUT2D eigenvalue weighted by molar-refractivity contribution is 7.80. The van der Waals surface area contributed by atoms with E-state index in [1.54, 1.807) is 13.1 Å². The molecule has 0 fully saturated rings. The summed E-state index contributed by atoms with van der Waals surface area (Å²) in [5, 5.41) is 6.31. The van der Waals surface area contributed by atoms with E-state index in [9.17, 15) is 8.78 Å².